The number of rotatable bonds is 3. The molecule has 0 bridgehead atoms. The van der Waals surface area contributed by atoms with Crippen molar-refractivity contribution in [3.63, 3.8) is 0 Å². The quantitative estimate of drug-likeness (QED) is 0.462. The first kappa shape index (κ1) is 15.8. The van der Waals surface area contributed by atoms with Crippen LogP contribution >= 0.6 is 0 Å². The zero-order valence-electron chi connectivity index (χ0n) is 12.3. The molecule has 19 heavy (non-hydrogen) atoms. The summed E-state index contributed by atoms with van der Waals surface area (Å²) in [7, 11) is 0. The Labute approximate surface area is 115 Å². The SMILES string of the molecule is CC#CCC(NN)C1CCN(C(=O)OC(C)(C)C)C1. The minimum Gasteiger partial charge on any atom is -0.444 e. The lowest BCUT2D eigenvalue weighted by atomic mass is 9.97. The van der Waals surface area contributed by atoms with Gasteiger partial charge < -0.3 is 9.64 Å². The minimum atomic E-state index is -0.450. The summed E-state index contributed by atoms with van der Waals surface area (Å²) in [6, 6.07) is 0.125. The molecule has 5 heteroatoms. The van der Waals surface area contributed by atoms with Crippen molar-refractivity contribution in [2.24, 2.45) is 11.8 Å². The van der Waals surface area contributed by atoms with Crippen LogP contribution in [0.25, 0.3) is 0 Å². The fourth-order valence-corrected chi connectivity index (χ4v) is 2.18. The van der Waals surface area contributed by atoms with Crippen LogP contribution in [0, 0.1) is 17.8 Å². The smallest absolute Gasteiger partial charge is 0.410 e. The van der Waals surface area contributed by atoms with Gasteiger partial charge >= 0.3 is 6.09 Å². The monoisotopic (exact) mass is 267 g/mol. The highest BCUT2D eigenvalue weighted by Crippen LogP contribution is 2.23. The van der Waals surface area contributed by atoms with Crippen LogP contribution in [0.2, 0.25) is 0 Å². The van der Waals surface area contributed by atoms with Crippen LogP contribution in [0.1, 0.15) is 40.5 Å². The van der Waals surface area contributed by atoms with E-state index < -0.39 is 5.60 Å². The van der Waals surface area contributed by atoms with Crippen molar-refractivity contribution in [2.75, 3.05) is 13.1 Å². The van der Waals surface area contributed by atoms with Gasteiger partial charge in [-0.05, 0) is 40.0 Å². The maximum absolute atomic E-state index is 12.0. The van der Waals surface area contributed by atoms with Crippen LogP contribution in [-0.4, -0.2) is 35.7 Å². The first-order valence-corrected chi connectivity index (χ1v) is 6.71. The Kier molecular flexibility index (Phi) is 5.64. The topological polar surface area (TPSA) is 67.6 Å². The van der Waals surface area contributed by atoms with Crippen LogP contribution in [0.3, 0.4) is 0 Å². The summed E-state index contributed by atoms with van der Waals surface area (Å²) in [5.74, 6) is 11.8. The molecule has 0 aromatic heterocycles. The molecule has 1 fully saturated rings. The Morgan fingerprint density at radius 1 is 1.58 bits per heavy atom. The first-order chi connectivity index (χ1) is 8.87. The molecular weight excluding hydrogens is 242 g/mol. The molecule has 1 rings (SSSR count). The highest BCUT2D eigenvalue weighted by Gasteiger charge is 2.33. The number of nitrogens with one attached hydrogen (secondary N) is 1. The maximum atomic E-state index is 12.0. The van der Waals surface area contributed by atoms with E-state index in [0.717, 1.165) is 13.0 Å². The van der Waals surface area contributed by atoms with Gasteiger partial charge in [-0.25, -0.2) is 4.79 Å². The lowest BCUT2D eigenvalue weighted by Crippen LogP contribution is -2.42. The van der Waals surface area contributed by atoms with E-state index in [1.807, 2.05) is 27.7 Å². The lowest BCUT2D eigenvalue weighted by molar-refractivity contribution is 0.0285. The summed E-state index contributed by atoms with van der Waals surface area (Å²) in [6.07, 6.45) is 1.40. The summed E-state index contributed by atoms with van der Waals surface area (Å²) in [5, 5.41) is 0. The highest BCUT2D eigenvalue weighted by atomic mass is 16.6. The van der Waals surface area contributed by atoms with Gasteiger partial charge in [-0.3, -0.25) is 11.3 Å². The van der Waals surface area contributed by atoms with E-state index in [1.54, 1.807) is 4.90 Å². The van der Waals surface area contributed by atoms with E-state index >= 15 is 0 Å². The van der Waals surface area contributed by atoms with Gasteiger partial charge in [-0.15, -0.1) is 11.8 Å². The van der Waals surface area contributed by atoms with Crippen LogP contribution < -0.4 is 11.3 Å². The van der Waals surface area contributed by atoms with Gasteiger partial charge in [-0.2, -0.15) is 0 Å². The van der Waals surface area contributed by atoms with Crippen molar-refractivity contribution in [1.82, 2.24) is 10.3 Å². The van der Waals surface area contributed by atoms with Crippen molar-refractivity contribution >= 4 is 6.09 Å². The number of nitrogens with two attached hydrogens (primary N) is 1. The summed E-state index contributed by atoms with van der Waals surface area (Å²) < 4.78 is 5.37. The molecule has 1 amide bonds. The Bertz CT molecular complexity index is 365. The fraction of sp³-hybridized carbons (Fsp3) is 0.786. The predicted octanol–water partition coefficient (Wildman–Crippen LogP) is 1.49. The van der Waals surface area contributed by atoms with Gasteiger partial charge in [0.05, 0.1) is 0 Å². The van der Waals surface area contributed by atoms with Gasteiger partial charge in [0.15, 0.2) is 0 Å². The largest absolute Gasteiger partial charge is 0.444 e. The van der Waals surface area contributed by atoms with E-state index in [1.165, 1.54) is 0 Å². The molecule has 1 aliphatic rings. The maximum Gasteiger partial charge on any atom is 0.410 e. The second-order valence-corrected chi connectivity index (χ2v) is 5.88. The molecule has 0 aliphatic carbocycles. The third kappa shape index (κ3) is 5.09. The number of carbonyl (C=O) groups is 1. The first-order valence-electron chi connectivity index (χ1n) is 6.71. The van der Waals surface area contributed by atoms with E-state index in [4.69, 9.17) is 10.6 Å². The van der Waals surface area contributed by atoms with Crippen LogP contribution in [0.4, 0.5) is 4.79 Å². The second kappa shape index (κ2) is 6.78. The van der Waals surface area contributed by atoms with Crippen molar-refractivity contribution < 1.29 is 9.53 Å². The van der Waals surface area contributed by atoms with Crippen molar-refractivity contribution in [2.45, 2.75) is 52.2 Å². The van der Waals surface area contributed by atoms with Gasteiger partial charge in [-0.1, -0.05) is 0 Å². The average Bonchev–Trinajstić information content (AvgIpc) is 2.77. The van der Waals surface area contributed by atoms with Gasteiger partial charge in [0.1, 0.15) is 5.60 Å². The zero-order valence-corrected chi connectivity index (χ0v) is 12.3. The van der Waals surface area contributed by atoms with Gasteiger partial charge in [0.25, 0.3) is 0 Å². The Morgan fingerprint density at radius 2 is 2.26 bits per heavy atom. The number of carbonyl (C=O) groups excluding carboxylic acids is 1. The highest BCUT2D eigenvalue weighted by molar-refractivity contribution is 5.68. The van der Waals surface area contributed by atoms with E-state index in [2.05, 4.69) is 17.3 Å². The number of amides is 1. The Balaban J connectivity index is 2.51. The van der Waals surface area contributed by atoms with Gasteiger partial charge in [0.2, 0.25) is 0 Å². The molecule has 0 radical (unpaired) electrons. The molecular formula is C14H25N3O2. The molecule has 0 saturated carbocycles. The van der Waals surface area contributed by atoms with Crippen LogP contribution in [-0.2, 0) is 4.74 Å². The van der Waals surface area contributed by atoms with E-state index in [0.29, 0.717) is 18.9 Å². The third-order valence-corrected chi connectivity index (χ3v) is 3.16. The van der Waals surface area contributed by atoms with Crippen molar-refractivity contribution in [1.29, 1.82) is 0 Å². The number of ether oxygens (including phenoxy) is 1. The molecule has 2 unspecified atom stereocenters. The summed E-state index contributed by atoms with van der Waals surface area (Å²) in [5.41, 5.74) is 2.36. The zero-order chi connectivity index (χ0) is 14.5. The van der Waals surface area contributed by atoms with Crippen LogP contribution in [0.5, 0.6) is 0 Å². The number of hydrogen-bond donors (Lipinski definition) is 2. The molecule has 5 nitrogen and oxygen atoms in total. The van der Waals surface area contributed by atoms with E-state index in [-0.39, 0.29) is 12.1 Å². The summed E-state index contributed by atoms with van der Waals surface area (Å²) in [4.78, 5) is 13.7. The third-order valence-electron chi connectivity index (χ3n) is 3.16. The second-order valence-electron chi connectivity index (χ2n) is 5.88. The molecule has 2 atom stereocenters. The number of likely N-dealkylation sites (tertiary alicyclic amines) is 1. The number of nitrogens with zero attached hydrogens (tertiary/aromatic N) is 1. The molecule has 1 saturated heterocycles. The minimum absolute atomic E-state index is 0.125. The summed E-state index contributed by atoms with van der Waals surface area (Å²) in [6.45, 7) is 8.83. The van der Waals surface area contributed by atoms with Gasteiger partial charge in [0, 0.05) is 25.6 Å². The van der Waals surface area contributed by atoms with E-state index in [9.17, 15) is 4.79 Å². The predicted molar refractivity (Wildman–Crippen MR) is 75.1 cm³/mol. The van der Waals surface area contributed by atoms with Crippen molar-refractivity contribution in [3.05, 3.63) is 0 Å². The van der Waals surface area contributed by atoms with Crippen molar-refractivity contribution in [3.8, 4) is 11.8 Å². The molecule has 1 heterocycles. The fourth-order valence-electron chi connectivity index (χ4n) is 2.18. The molecule has 0 aromatic rings. The normalized spacial score (nSPS) is 20.7. The standard InChI is InChI=1S/C14H25N3O2/c1-5-6-7-12(16-15)11-8-9-17(10-11)13(18)19-14(2,3)4/h11-12,16H,7-10,15H2,1-4H3. The van der Waals surface area contributed by atoms with Crippen LogP contribution in [0.15, 0.2) is 0 Å². The molecule has 0 aromatic carbocycles. The Hall–Kier alpha value is -1.25. The molecule has 108 valence electrons. The Morgan fingerprint density at radius 3 is 2.79 bits per heavy atom. The molecule has 3 N–H and O–H groups in total. The number of hydrogen-bond acceptors (Lipinski definition) is 4. The summed E-state index contributed by atoms with van der Waals surface area (Å²) >= 11 is 0. The molecule has 1 aliphatic heterocycles. The average molecular weight is 267 g/mol. The lowest BCUT2D eigenvalue weighted by Gasteiger charge is -2.25. The molecule has 0 spiro atoms. The number of hydrazine groups is 1.